The number of hydrogen-bond acceptors (Lipinski definition) is 4. The van der Waals surface area contributed by atoms with Crippen LogP contribution in [0.1, 0.15) is 15.9 Å². The van der Waals surface area contributed by atoms with Crippen molar-refractivity contribution < 1.29 is 23.1 Å². The van der Waals surface area contributed by atoms with E-state index in [4.69, 9.17) is 5.11 Å². The lowest BCUT2D eigenvalue weighted by atomic mass is 10.3. The molecule has 2 aromatic rings. The van der Waals surface area contributed by atoms with Crippen molar-refractivity contribution in [3.8, 4) is 0 Å². The molecule has 20 heavy (non-hydrogen) atoms. The number of alkyl halides is 3. The van der Waals surface area contributed by atoms with Crippen molar-refractivity contribution in [2.75, 3.05) is 0 Å². The first-order chi connectivity index (χ1) is 9.36. The zero-order valence-electron chi connectivity index (χ0n) is 9.76. The molecule has 8 heteroatoms. The maximum absolute atomic E-state index is 12.5. The molecule has 104 valence electrons. The number of nitrogens with zero attached hydrogens (tertiary/aromatic N) is 2. The second-order valence-electron chi connectivity index (χ2n) is 3.67. The van der Waals surface area contributed by atoms with Crippen LogP contribution in [0.25, 0.3) is 0 Å². The van der Waals surface area contributed by atoms with Crippen LogP contribution in [-0.4, -0.2) is 21.0 Å². The zero-order valence-corrected chi connectivity index (χ0v) is 10.6. The topological polar surface area (TPSA) is 63.1 Å². The molecule has 2 heterocycles. The van der Waals surface area contributed by atoms with E-state index in [1.165, 1.54) is 12.1 Å². The van der Waals surface area contributed by atoms with E-state index in [-0.39, 0.29) is 10.6 Å². The number of aromatic nitrogens is 2. The smallest absolute Gasteiger partial charge is 0.416 e. The monoisotopic (exact) mass is 300 g/mol. The maximum Gasteiger partial charge on any atom is 0.416 e. The fourth-order valence-corrected chi connectivity index (χ4v) is 2.07. The summed E-state index contributed by atoms with van der Waals surface area (Å²) >= 11 is 0.923. The van der Waals surface area contributed by atoms with Gasteiger partial charge in [-0.3, -0.25) is 0 Å². The Morgan fingerprint density at radius 2 is 1.90 bits per heavy atom. The number of rotatable bonds is 3. The Hall–Kier alpha value is -2.09. The third-order valence-electron chi connectivity index (χ3n) is 2.25. The van der Waals surface area contributed by atoms with Gasteiger partial charge in [0, 0.05) is 12.4 Å². The van der Waals surface area contributed by atoms with Crippen LogP contribution in [0.4, 0.5) is 13.2 Å². The summed E-state index contributed by atoms with van der Waals surface area (Å²) in [5.74, 6) is -1.12. The van der Waals surface area contributed by atoms with Crippen LogP contribution < -0.4 is 0 Å². The van der Waals surface area contributed by atoms with Gasteiger partial charge in [0.15, 0.2) is 0 Å². The first kappa shape index (κ1) is 14.3. The molecule has 0 aromatic carbocycles. The fraction of sp³-hybridized carbons (Fsp3) is 0.0833. The van der Waals surface area contributed by atoms with Crippen LogP contribution in [0.3, 0.4) is 0 Å². The quantitative estimate of drug-likeness (QED) is 0.942. The molecule has 1 N–H and O–H groups in total. The number of halogens is 3. The van der Waals surface area contributed by atoms with Crippen molar-refractivity contribution in [1.82, 2.24) is 9.97 Å². The van der Waals surface area contributed by atoms with Crippen molar-refractivity contribution in [2.45, 2.75) is 16.2 Å². The molecule has 0 saturated heterocycles. The van der Waals surface area contributed by atoms with Crippen molar-refractivity contribution in [2.24, 2.45) is 0 Å². The molecule has 0 radical (unpaired) electrons. The Labute approximate surface area is 115 Å². The average molecular weight is 300 g/mol. The van der Waals surface area contributed by atoms with Gasteiger partial charge in [0.2, 0.25) is 0 Å². The van der Waals surface area contributed by atoms with Gasteiger partial charge in [0.05, 0.1) is 11.1 Å². The Balaban J connectivity index is 2.20. The summed E-state index contributed by atoms with van der Waals surface area (Å²) in [6.45, 7) is 0. The van der Waals surface area contributed by atoms with Crippen molar-refractivity contribution in [3.63, 3.8) is 0 Å². The van der Waals surface area contributed by atoms with Gasteiger partial charge in [-0.1, -0.05) is 11.8 Å². The van der Waals surface area contributed by atoms with Crippen LogP contribution in [-0.2, 0) is 6.18 Å². The summed E-state index contributed by atoms with van der Waals surface area (Å²) in [5, 5.41) is 9.20. The second kappa shape index (κ2) is 5.49. The Bertz CT molecular complexity index is 629. The standard InChI is InChI=1S/C12H7F3N2O2S/c13-12(14,15)8-3-4-16-10(5-8)20-9-2-1-7(6-17-9)11(18)19/h1-6H,(H,18,19). The minimum Gasteiger partial charge on any atom is -0.478 e. The lowest BCUT2D eigenvalue weighted by Gasteiger charge is -2.07. The van der Waals surface area contributed by atoms with E-state index in [0.717, 1.165) is 36.3 Å². The summed E-state index contributed by atoms with van der Waals surface area (Å²) in [7, 11) is 0. The van der Waals surface area contributed by atoms with Crippen molar-refractivity contribution >= 4 is 17.7 Å². The lowest BCUT2D eigenvalue weighted by molar-refractivity contribution is -0.137. The highest BCUT2D eigenvalue weighted by Gasteiger charge is 2.30. The third-order valence-corrected chi connectivity index (χ3v) is 3.14. The van der Waals surface area contributed by atoms with E-state index in [9.17, 15) is 18.0 Å². The average Bonchev–Trinajstić information content (AvgIpc) is 2.38. The van der Waals surface area contributed by atoms with E-state index in [0.29, 0.717) is 5.03 Å². The molecular weight excluding hydrogens is 293 g/mol. The highest BCUT2D eigenvalue weighted by molar-refractivity contribution is 7.99. The molecule has 0 amide bonds. The van der Waals surface area contributed by atoms with Crippen LogP contribution in [0.2, 0.25) is 0 Å². The summed E-state index contributed by atoms with van der Waals surface area (Å²) in [5.41, 5.74) is -0.788. The van der Waals surface area contributed by atoms with E-state index in [2.05, 4.69) is 9.97 Å². The molecule has 2 rings (SSSR count). The Morgan fingerprint density at radius 1 is 1.15 bits per heavy atom. The van der Waals surface area contributed by atoms with E-state index >= 15 is 0 Å². The normalized spacial score (nSPS) is 11.3. The van der Waals surface area contributed by atoms with Crippen LogP contribution in [0.15, 0.2) is 46.7 Å². The molecule has 4 nitrogen and oxygen atoms in total. The van der Waals surface area contributed by atoms with Crippen LogP contribution in [0.5, 0.6) is 0 Å². The van der Waals surface area contributed by atoms with E-state index in [1.54, 1.807) is 0 Å². The van der Waals surface area contributed by atoms with Gasteiger partial charge < -0.3 is 5.11 Å². The first-order valence-electron chi connectivity index (χ1n) is 5.27. The van der Waals surface area contributed by atoms with Crippen LogP contribution in [0, 0.1) is 0 Å². The summed E-state index contributed by atoms with van der Waals surface area (Å²) < 4.78 is 37.6. The Kier molecular flexibility index (Phi) is 3.93. The molecule has 0 aliphatic heterocycles. The molecular formula is C12H7F3N2O2S. The highest BCUT2D eigenvalue weighted by atomic mass is 32.2. The molecule has 0 spiro atoms. The number of pyridine rings is 2. The zero-order chi connectivity index (χ0) is 14.8. The fourth-order valence-electron chi connectivity index (χ4n) is 1.32. The molecule has 2 aromatic heterocycles. The summed E-state index contributed by atoms with van der Waals surface area (Å²) in [6, 6.07) is 4.53. The van der Waals surface area contributed by atoms with Gasteiger partial charge in [0.1, 0.15) is 10.1 Å². The van der Waals surface area contributed by atoms with E-state index in [1.807, 2.05) is 0 Å². The predicted molar refractivity (Wildman–Crippen MR) is 64.6 cm³/mol. The molecule has 0 fully saturated rings. The number of aromatic carboxylic acids is 1. The SMILES string of the molecule is O=C(O)c1ccc(Sc2cc(C(F)(F)F)ccn2)nc1. The van der Waals surface area contributed by atoms with Gasteiger partial charge in [-0.15, -0.1) is 0 Å². The lowest BCUT2D eigenvalue weighted by Crippen LogP contribution is -2.05. The van der Waals surface area contributed by atoms with Crippen molar-refractivity contribution in [3.05, 3.63) is 47.8 Å². The number of carboxylic acid groups (broad SMARTS) is 1. The van der Waals surface area contributed by atoms with Gasteiger partial charge in [-0.25, -0.2) is 14.8 Å². The van der Waals surface area contributed by atoms with Gasteiger partial charge in [-0.2, -0.15) is 13.2 Å². The number of carboxylic acids is 1. The molecule has 0 saturated carbocycles. The van der Waals surface area contributed by atoms with Crippen molar-refractivity contribution in [1.29, 1.82) is 0 Å². The minimum atomic E-state index is -4.43. The minimum absolute atomic E-state index is 0.00588. The first-order valence-corrected chi connectivity index (χ1v) is 6.08. The van der Waals surface area contributed by atoms with Crippen LogP contribution >= 0.6 is 11.8 Å². The Morgan fingerprint density at radius 3 is 2.45 bits per heavy atom. The van der Waals surface area contributed by atoms with Gasteiger partial charge in [0.25, 0.3) is 0 Å². The predicted octanol–water partition coefficient (Wildman–Crippen LogP) is 3.34. The second-order valence-corrected chi connectivity index (χ2v) is 4.71. The summed E-state index contributed by atoms with van der Waals surface area (Å²) in [4.78, 5) is 18.3. The number of hydrogen-bond donors (Lipinski definition) is 1. The highest BCUT2D eigenvalue weighted by Crippen LogP contribution is 2.32. The van der Waals surface area contributed by atoms with Gasteiger partial charge in [-0.05, 0) is 24.3 Å². The maximum atomic E-state index is 12.5. The third kappa shape index (κ3) is 3.47. The molecule has 0 unspecified atom stereocenters. The number of carbonyl (C=O) groups is 1. The molecule has 0 aliphatic carbocycles. The molecule has 0 atom stereocenters. The van der Waals surface area contributed by atoms with Gasteiger partial charge >= 0.3 is 12.1 Å². The van der Waals surface area contributed by atoms with E-state index < -0.39 is 17.7 Å². The largest absolute Gasteiger partial charge is 0.478 e. The molecule has 0 aliphatic rings. The molecule has 0 bridgehead atoms. The summed E-state index contributed by atoms with van der Waals surface area (Å²) in [6.07, 6.45) is -2.23.